The number of amides is 1. The smallest absolute Gasteiger partial charge is 0.274 e. The monoisotopic (exact) mass is 306 g/mol. The molecule has 7 nitrogen and oxygen atoms in total. The van der Waals surface area contributed by atoms with E-state index in [2.05, 4.69) is 25.8 Å². The molecule has 0 spiro atoms. The molecule has 114 valence electrons. The van der Waals surface area contributed by atoms with Gasteiger partial charge < -0.3 is 5.32 Å². The van der Waals surface area contributed by atoms with Crippen molar-refractivity contribution in [2.45, 2.75) is 18.9 Å². The summed E-state index contributed by atoms with van der Waals surface area (Å²) in [5, 5.41) is 14.7. The van der Waals surface area contributed by atoms with Crippen LogP contribution in [-0.2, 0) is 0 Å². The first-order valence-corrected chi connectivity index (χ1v) is 7.42. The molecule has 0 aliphatic heterocycles. The Balaban J connectivity index is 1.52. The number of benzene rings is 1. The Kier molecular flexibility index (Phi) is 3.30. The number of hydrogen-bond acceptors (Lipinski definition) is 5. The minimum absolute atomic E-state index is 0.235. The maximum absolute atomic E-state index is 12.1. The van der Waals surface area contributed by atoms with Crippen molar-refractivity contribution in [3.8, 4) is 11.4 Å². The van der Waals surface area contributed by atoms with Crippen LogP contribution >= 0.6 is 0 Å². The van der Waals surface area contributed by atoms with Crippen molar-refractivity contribution in [3.63, 3.8) is 0 Å². The molecule has 0 saturated heterocycles. The predicted molar refractivity (Wildman–Crippen MR) is 83.7 cm³/mol. The number of hydrogen-bond donors (Lipinski definition) is 1. The van der Waals surface area contributed by atoms with E-state index in [9.17, 15) is 4.79 Å². The maximum atomic E-state index is 12.1. The Morgan fingerprint density at radius 3 is 2.65 bits per heavy atom. The van der Waals surface area contributed by atoms with Gasteiger partial charge in [-0.1, -0.05) is 6.07 Å². The van der Waals surface area contributed by atoms with E-state index in [1.54, 1.807) is 24.4 Å². The molecular weight excluding hydrogens is 292 g/mol. The van der Waals surface area contributed by atoms with Gasteiger partial charge in [-0.2, -0.15) is 0 Å². The third kappa shape index (κ3) is 2.80. The predicted octanol–water partition coefficient (Wildman–Crippen LogP) is 2.32. The molecule has 1 amide bonds. The molecule has 0 radical (unpaired) electrons. The van der Waals surface area contributed by atoms with Gasteiger partial charge in [0, 0.05) is 17.4 Å². The average Bonchev–Trinajstić information content (AvgIpc) is 3.33. The Morgan fingerprint density at radius 2 is 1.96 bits per heavy atom. The molecule has 1 aromatic carbocycles. The highest BCUT2D eigenvalue weighted by Crippen LogP contribution is 2.36. The van der Waals surface area contributed by atoms with Crippen molar-refractivity contribution in [3.05, 3.63) is 54.4 Å². The second-order valence-electron chi connectivity index (χ2n) is 5.42. The summed E-state index contributed by atoms with van der Waals surface area (Å²) < 4.78 is 1.86. The summed E-state index contributed by atoms with van der Waals surface area (Å²) in [5.74, 6) is 0.524. The first-order chi connectivity index (χ1) is 11.3. The van der Waals surface area contributed by atoms with Crippen LogP contribution in [0.15, 0.2) is 48.7 Å². The van der Waals surface area contributed by atoms with Crippen LogP contribution in [0.1, 0.15) is 29.4 Å². The highest BCUT2D eigenvalue weighted by molar-refractivity contribution is 6.02. The summed E-state index contributed by atoms with van der Waals surface area (Å²) in [6, 6.07) is 13.1. The lowest BCUT2D eigenvalue weighted by molar-refractivity contribution is 0.102. The number of nitrogens with one attached hydrogen (secondary N) is 1. The fourth-order valence-electron chi connectivity index (χ4n) is 2.34. The summed E-state index contributed by atoms with van der Waals surface area (Å²) in [6.45, 7) is 0. The molecule has 0 atom stereocenters. The lowest BCUT2D eigenvalue weighted by Gasteiger charge is -2.06. The highest BCUT2D eigenvalue weighted by Gasteiger charge is 2.28. The standard InChI is InChI=1S/C16H14N6O/c23-16(14-3-1-2-10-17-14)18-12-6-4-11(5-7-12)15-19-20-21-22(15)13-8-9-13/h1-7,10,13H,8-9H2,(H,18,23). The third-order valence-corrected chi connectivity index (χ3v) is 3.68. The Bertz CT molecular complexity index is 823. The van der Waals surface area contributed by atoms with Crippen molar-refractivity contribution >= 4 is 11.6 Å². The Morgan fingerprint density at radius 1 is 1.13 bits per heavy atom. The number of rotatable bonds is 4. The molecule has 1 saturated carbocycles. The topological polar surface area (TPSA) is 85.6 Å². The van der Waals surface area contributed by atoms with Crippen molar-refractivity contribution < 1.29 is 4.79 Å². The van der Waals surface area contributed by atoms with Gasteiger partial charge in [0.1, 0.15) is 5.69 Å². The number of aromatic nitrogens is 5. The number of pyridine rings is 1. The molecule has 1 N–H and O–H groups in total. The van der Waals surface area contributed by atoms with Crippen LogP contribution in [0.2, 0.25) is 0 Å². The van der Waals surface area contributed by atoms with Gasteiger partial charge >= 0.3 is 0 Å². The molecular formula is C16H14N6O. The molecule has 23 heavy (non-hydrogen) atoms. The maximum Gasteiger partial charge on any atom is 0.274 e. The third-order valence-electron chi connectivity index (χ3n) is 3.68. The van der Waals surface area contributed by atoms with Crippen LogP contribution in [0.4, 0.5) is 5.69 Å². The first-order valence-electron chi connectivity index (χ1n) is 7.42. The molecule has 1 aliphatic rings. The largest absolute Gasteiger partial charge is 0.321 e. The number of nitrogens with zero attached hydrogens (tertiary/aromatic N) is 5. The Labute approximate surface area is 132 Å². The summed E-state index contributed by atoms with van der Waals surface area (Å²) in [5.41, 5.74) is 2.02. The van der Waals surface area contributed by atoms with Gasteiger partial charge in [-0.15, -0.1) is 5.10 Å². The van der Waals surface area contributed by atoms with E-state index in [-0.39, 0.29) is 5.91 Å². The number of anilines is 1. The lowest BCUT2D eigenvalue weighted by Crippen LogP contribution is -2.13. The lowest BCUT2D eigenvalue weighted by atomic mass is 10.2. The zero-order valence-electron chi connectivity index (χ0n) is 12.3. The zero-order chi connectivity index (χ0) is 15.6. The van der Waals surface area contributed by atoms with Crippen LogP contribution in [0.5, 0.6) is 0 Å². The summed E-state index contributed by atoms with van der Waals surface area (Å²) in [4.78, 5) is 16.1. The van der Waals surface area contributed by atoms with Crippen molar-refractivity contribution in [2.24, 2.45) is 0 Å². The van der Waals surface area contributed by atoms with E-state index in [0.717, 1.165) is 24.2 Å². The van der Waals surface area contributed by atoms with Gasteiger partial charge in [0.25, 0.3) is 5.91 Å². The number of carbonyl (C=O) groups excluding carboxylic acids is 1. The van der Waals surface area contributed by atoms with Crippen molar-refractivity contribution in [1.82, 2.24) is 25.2 Å². The van der Waals surface area contributed by atoms with Crippen LogP contribution in [-0.4, -0.2) is 31.1 Å². The van der Waals surface area contributed by atoms with Gasteiger partial charge in [0.05, 0.1) is 6.04 Å². The normalized spacial score (nSPS) is 13.7. The summed E-state index contributed by atoms with van der Waals surface area (Å²) in [7, 11) is 0. The molecule has 1 fully saturated rings. The molecule has 0 unspecified atom stereocenters. The second kappa shape index (κ2) is 5.60. The first kappa shape index (κ1) is 13.6. The van der Waals surface area contributed by atoms with E-state index >= 15 is 0 Å². The molecule has 0 bridgehead atoms. The minimum atomic E-state index is -0.235. The Hall–Kier alpha value is -3.09. The van der Waals surface area contributed by atoms with E-state index in [4.69, 9.17) is 0 Å². The fraction of sp³-hybridized carbons (Fsp3) is 0.188. The molecule has 2 aromatic heterocycles. The van der Waals surface area contributed by atoms with Gasteiger partial charge in [0.2, 0.25) is 0 Å². The van der Waals surface area contributed by atoms with E-state index < -0.39 is 0 Å². The van der Waals surface area contributed by atoms with Gasteiger partial charge in [0.15, 0.2) is 5.82 Å². The number of carbonyl (C=O) groups is 1. The van der Waals surface area contributed by atoms with Crippen molar-refractivity contribution in [2.75, 3.05) is 5.32 Å². The van der Waals surface area contributed by atoms with Crippen LogP contribution in [0.25, 0.3) is 11.4 Å². The molecule has 7 heteroatoms. The van der Waals surface area contributed by atoms with Crippen molar-refractivity contribution in [1.29, 1.82) is 0 Å². The van der Waals surface area contributed by atoms with E-state index in [0.29, 0.717) is 17.4 Å². The molecule has 3 aromatic rings. The second-order valence-corrected chi connectivity index (χ2v) is 5.42. The quantitative estimate of drug-likeness (QED) is 0.799. The van der Waals surface area contributed by atoms with E-state index in [1.165, 1.54) is 0 Å². The summed E-state index contributed by atoms with van der Waals surface area (Å²) >= 11 is 0. The van der Waals surface area contributed by atoms with E-state index in [1.807, 2.05) is 28.9 Å². The molecule has 1 aliphatic carbocycles. The van der Waals surface area contributed by atoms with Crippen LogP contribution in [0.3, 0.4) is 0 Å². The summed E-state index contributed by atoms with van der Waals surface area (Å²) in [6.07, 6.45) is 3.84. The zero-order valence-corrected chi connectivity index (χ0v) is 12.3. The SMILES string of the molecule is O=C(Nc1ccc(-c2nnnn2C2CC2)cc1)c1ccccn1. The van der Waals surface area contributed by atoms with Gasteiger partial charge in [-0.25, -0.2) is 4.68 Å². The van der Waals surface area contributed by atoms with Gasteiger partial charge in [-0.3, -0.25) is 9.78 Å². The van der Waals surface area contributed by atoms with Gasteiger partial charge in [-0.05, 0) is 59.7 Å². The minimum Gasteiger partial charge on any atom is -0.321 e. The van der Waals surface area contributed by atoms with Crippen LogP contribution in [0, 0.1) is 0 Å². The average molecular weight is 306 g/mol. The fourth-order valence-corrected chi connectivity index (χ4v) is 2.34. The molecule has 2 heterocycles. The van der Waals surface area contributed by atoms with Crippen LogP contribution < -0.4 is 5.32 Å². The molecule has 4 rings (SSSR count). The highest BCUT2D eigenvalue weighted by atomic mass is 16.1. The number of tetrazole rings is 1.